The number of carbonyl (C=O) groups is 2. The molecule has 138 valence electrons. The van der Waals surface area contributed by atoms with Crippen LogP contribution in [0, 0.1) is 5.92 Å². The number of anilines is 1. The Hall–Kier alpha value is -1.66. The molecule has 1 heterocycles. The number of ether oxygens (including phenoxy) is 1. The first-order valence-electron chi connectivity index (χ1n) is 8.29. The molecule has 1 saturated heterocycles. The van der Waals surface area contributed by atoms with E-state index in [4.69, 9.17) is 27.9 Å². The summed E-state index contributed by atoms with van der Waals surface area (Å²) in [4.78, 5) is 27.8. The molecule has 0 spiro atoms. The molecule has 0 saturated carbocycles. The van der Waals surface area contributed by atoms with Crippen molar-refractivity contribution in [3.05, 3.63) is 28.2 Å². The smallest absolute Gasteiger partial charge is 0.409 e. The zero-order valence-electron chi connectivity index (χ0n) is 14.4. The van der Waals surface area contributed by atoms with Gasteiger partial charge >= 0.3 is 12.1 Å². The number of amides is 3. The van der Waals surface area contributed by atoms with Gasteiger partial charge in [0.2, 0.25) is 0 Å². The monoisotopic (exact) mass is 387 g/mol. The minimum absolute atomic E-state index is 0.226. The molecule has 1 aliphatic rings. The van der Waals surface area contributed by atoms with E-state index in [1.54, 1.807) is 28.0 Å². The van der Waals surface area contributed by atoms with Gasteiger partial charge in [-0.2, -0.15) is 0 Å². The molecule has 0 bridgehead atoms. The van der Waals surface area contributed by atoms with E-state index in [0.717, 1.165) is 0 Å². The average molecular weight is 388 g/mol. The number of hydrogen-bond acceptors (Lipinski definition) is 3. The Bertz CT molecular complexity index is 625. The van der Waals surface area contributed by atoms with Crippen molar-refractivity contribution in [2.75, 3.05) is 38.1 Å². The summed E-state index contributed by atoms with van der Waals surface area (Å²) in [5.74, 6) is 0.296. The fraction of sp³-hybridized carbons (Fsp3) is 0.529. The number of halogens is 2. The van der Waals surface area contributed by atoms with Crippen LogP contribution in [-0.4, -0.2) is 54.7 Å². The minimum atomic E-state index is -0.319. The maximum Gasteiger partial charge on any atom is 0.409 e. The molecule has 6 nitrogen and oxygen atoms in total. The molecule has 1 aromatic carbocycles. The average Bonchev–Trinajstić information content (AvgIpc) is 2.82. The second-order valence-electron chi connectivity index (χ2n) is 6.36. The lowest BCUT2D eigenvalue weighted by Gasteiger charge is -2.22. The third-order valence-electron chi connectivity index (χ3n) is 3.75. The summed E-state index contributed by atoms with van der Waals surface area (Å²) in [5.41, 5.74) is 0.580. The van der Waals surface area contributed by atoms with Gasteiger partial charge < -0.3 is 19.9 Å². The van der Waals surface area contributed by atoms with E-state index in [9.17, 15) is 9.59 Å². The maximum atomic E-state index is 12.4. The quantitative estimate of drug-likeness (QED) is 0.839. The van der Waals surface area contributed by atoms with Crippen molar-refractivity contribution in [1.29, 1.82) is 0 Å². The zero-order chi connectivity index (χ0) is 18.4. The van der Waals surface area contributed by atoms with Crippen molar-refractivity contribution < 1.29 is 14.3 Å². The SMILES string of the molecule is CC(C)COC(=O)N1CCCN(C(=O)Nc2ccc(Cl)c(Cl)c2)CC1. The first-order chi connectivity index (χ1) is 11.9. The number of rotatable bonds is 3. The molecule has 0 aliphatic carbocycles. The highest BCUT2D eigenvalue weighted by Crippen LogP contribution is 2.25. The molecule has 8 heteroatoms. The van der Waals surface area contributed by atoms with Crippen molar-refractivity contribution in [2.24, 2.45) is 5.92 Å². The fourth-order valence-electron chi connectivity index (χ4n) is 2.41. The third kappa shape index (κ3) is 5.97. The lowest BCUT2D eigenvalue weighted by Crippen LogP contribution is -2.39. The summed E-state index contributed by atoms with van der Waals surface area (Å²) in [6, 6.07) is 4.71. The number of hydrogen-bond donors (Lipinski definition) is 1. The summed E-state index contributed by atoms with van der Waals surface area (Å²) >= 11 is 11.8. The van der Waals surface area contributed by atoms with Crippen LogP contribution >= 0.6 is 23.2 Å². The van der Waals surface area contributed by atoms with Gasteiger partial charge in [0.15, 0.2) is 0 Å². The van der Waals surface area contributed by atoms with Crippen LogP contribution in [0.3, 0.4) is 0 Å². The van der Waals surface area contributed by atoms with Gasteiger partial charge in [-0.1, -0.05) is 37.0 Å². The summed E-state index contributed by atoms with van der Waals surface area (Å²) in [5, 5.41) is 3.62. The summed E-state index contributed by atoms with van der Waals surface area (Å²) in [7, 11) is 0. The molecule has 0 atom stereocenters. The van der Waals surface area contributed by atoms with Crippen molar-refractivity contribution in [3.63, 3.8) is 0 Å². The molecule has 1 aliphatic heterocycles. The highest BCUT2D eigenvalue weighted by Gasteiger charge is 2.23. The molecule has 1 aromatic rings. The molecule has 3 amide bonds. The minimum Gasteiger partial charge on any atom is -0.449 e. The third-order valence-corrected chi connectivity index (χ3v) is 4.49. The van der Waals surface area contributed by atoms with Crippen molar-refractivity contribution in [2.45, 2.75) is 20.3 Å². The van der Waals surface area contributed by atoms with E-state index in [1.165, 1.54) is 0 Å². The van der Waals surface area contributed by atoms with Gasteiger partial charge in [-0.15, -0.1) is 0 Å². The lowest BCUT2D eigenvalue weighted by molar-refractivity contribution is 0.0934. The van der Waals surface area contributed by atoms with Crippen LogP contribution in [-0.2, 0) is 4.74 Å². The summed E-state index contributed by atoms with van der Waals surface area (Å²) in [6.45, 7) is 6.43. The number of urea groups is 1. The van der Waals surface area contributed by atoms with Crippen LogP contribution in [0.5, 0.6) is 0 Å². The standard InChI is InChI=1S/C17H23Cl2N3O3/c1-12(2)11-25-17(24)22-7-3-6-21(8-9-22)16(23)20-13-4-5-14(18)15(19)10-13/h4-5,10,12H,3,6-9,11H2,1-2H3,(H,20,23). The molecular weight excluding hydrogens is 365 g/mol. The molecule has 1 N–H and O–H groups in total. The first kappa shape index (κ1) is 19.7. The van der Waals surface area contributed by atoms with Crippen LogP contribution < -0.4 is 5.32 Å². The van der Waals surface area contributed by atoms with E-state index in [2.05, 4.69) is 5.32 Å². The zero-order valence-corrected chi connectivity index (χ0v) is 15.9. The van der Waals surface area contributed by atoms with E-state index in [0.29, 0.717) is 60.9 Å². The Kier molecular flexibility index (Phi) is 7.20. The van der Waals surface area contributed by atoms with Crippen LogP contribution in [0.1, 0.15) is 20.3 Å². The Morgan fingerprint density at radius 3 is 2.48 bits per heavy atom. The lowest BCUT2D eigenvalue weighted by atomic mass is 10.2. The van der Waals surface area contributed by atoms with E-state index in [1.807, 2.05) is 13.8 Å². The van der Waals surface area contributed by atoms with E-state index >= 15 is 0 Å². The Balaban J connectivity index is 1.88. The molecule has 2 rings (SSSR count). The molecule has 0 radical (unpaired) electrons. The first-order valence-corrected chi connectivity index (χ1v) is 9.05. The van der Waals surface area contributed by atoms with Gasteiger partial charge in [-0.3, -0.25) is 0 Å². The summed E-state index contributed by atoms with van der Waals surface area (Å²) < 4.78 is 5.25. The predicted octanol–water partition coefficient (Wildman–Crippen LogP) is 4.33. The second kappa shape index (κ2) is 9.15. The maximum absolute atomic E-state index is 12.4. The van der Waals surface area contributed by atoms with Crippen molar-refractivity contribution >= 4 is 41.0 Å². The number of nitrogens with zero attached hydrogens (tertiary/aromatic N) is 2. The van der Waals surface area contributed by atoms with Crippen LogP contribution in [0.4, 0.5) is 15.3 Å². The van der Waals surface area contributed by atoms with Crippen molar-refractivity contribution in [3.8, 4) is 0 Å². The molecule has 1 fully saturated rings. The largest absolute Gasteiger partial charge is 0.449 e. The number of carbonyl (C=O) groups excluding carboxylic acids is 2. The van der Waals surface area contributed by atoms with Crippen LogP contribution in [0.2, 0.25) is 10.0 Å². The summed E-state index contributed by atoms with van der Waals surface area (Å²) in [6.07, 6.45) is 0.381. The molecule has 25 heavy (non-hydrogen) atoms. The van der Waals surface area contributed by atoms with Gasteiger partial charge in [-0.05, 0) is 30.5 Å². The van der Waals surface area contributed by atoms with E-state index < -0.39 is 0 Å². The van der Waals surface area contributed by atoms with Gasteiger partial charge in [0.05, 0.1) is 16.7 Å². The van der Waals surface area contributed by atoms with Crippen molar-refractivity contribution in [1.82, 2.24) is 9.80 Å². The Labute approximate surface area is 158 Å². The van der Waals surface area contributed by atoms with Gasteiger partial charge in [0.25, 0.3) is 0 Å². The molecule has 0 aromatic heterocycles. The molecule has 0 unspecified atom stereocenters. The van der Waals surface area contributed by atoms with E-state index in [-0.39, 0.29) is 12.1 Å². The number of benzene rings is 1. The Morgan fingerprint density at radius 2 is 1.80 bits per heavy atom. The molecular formula is C17H23Cl2N3O3. The predicted molar refractivity (Wildman–Crippen MR) is 99.4 cm³/mol. The number of nitrogens with one attached hydrogen (secondary N) is 1. The fourth-order valence-corrected chi connectivity index (χ4v) is 2.71. The normalized spacial score (nSPS) is 15.1. The van der Waals surface area contributed by atoms with Crippen LogP contribution in [0.15, 0.2) is 18.2 Å². The van der Waals surface area contributed by atoms with Gasteiger partial charge in [0, 0.05) is 31.9 Å². The van der Waals surface area contributed by atoms with Crippen LogP contribution in [0.25, 0.3) is 0 Å². The van der Waals surface area contributed by atoms with Gasteiger partial charge in [0.1, 0.15) is 0 Å². The second-order valence-corrected chi connectivity index (χ2v) is 7.17. The Morgan fingerprint density at radius 1 is 1.12 bits per heavy atom. The highest BCUT2D eigenvalue weighted by atomic mass is 35.5. The van der Waals surface area contributed by atoms with Gasteiger partial charge in [-0.25, -0.2) is 9.59 Å². The topological polar surface area (TPSA) is 61.9 Å². The highest BCUT2D eigenvalue weighted by molar-refractivity contribution is 6.42.